The monoisotopic (exact) mass is 228 g/mol. The Balaban J connectivity index is 3.06. The van der Waals surface area contributed by atoms with E-state index in [2.05, 4.69) is 21.9 Å². The molecule has 62 valence electrons. The smallest absolute Gasteiger partial charge is 0.140 e. The minimum atomic E-state index is -0.970. The normalized spacial score (nSPS) is 12.2. The van der Waals surface area contributed by atoms with Crippen molar-refractivity contribution < 1.29 is 9.50 Å². The number of terminal acetylenes is 1. The Hall–Kier alpha value is -0.850. The number of halogens is 2. The first kappa shape index (κ1) is 9.24. The standard InChI is InChI=1S/C9H6BrFO/c1-2-9(12)6-3-4-8(11)7(10)5-6/h1,3-5,9,12H/t9-/m1/s1. The molecule has 0 saturated carbocycles. The van der Waals surface area contributed by atoms with Gasteiger partial charge in [0, 0.05) is 0 Å². The summed E-state index contributed by atoms with van der Waals surface area (Å²) in [5.74, 6) is 1.77. The van der Waals surface area contributed by atoms with Crippen LogP contribution in [-0.2, 0) is 0 Å². The van der Waals surface area contributed by atoms with Gasteiger partial charge in [-0.05, 0) is 33.6 Å². The second-order valence-corrected chi connectivity index (χ2v) is 3.10. The SMILES string of the molecule is C#C[C@@H](O)c1ccc(F)c(Br)c1. The van der Waals surface area contributed by atoms with E-state index in [1.807, 2.05) is 0 Å². The van der Waals surface area contributed by atoms with E-state index in [1.165, 1.54) is 18.2 Å². The molecule has 0 radical (unpaired) electrons. The van der Waals surface area contributed by atoms with Crippen molar-refractivity contribution in [2.45, 2.75) is 6.10 Å². The van der Waals surface area contributed by atoms with Crippen LogP contribution in [0.2, 0.25) is 0 Å². The van der Waals surface area contributed by atoms with Crippen molar-refractivity contribution in [3.05, 3.63) is 34.1 Å². The largest absolute Gasteiger partial charge is 0.376 e. The molecule has 0 aliphatic carbocycles. The highest BCUT2D eigenvalue weighted by Crippen LogP contribution is 2.20. The first-order valence-corrected chi connectivity index (χ1v) is 4.03. The van der Waals surface area contributed by atoms with Gasteiger partial charge in [0.2, 0.25) is 0 Å². The van der Waals surface area contributed by atoms with Crippen molar-refractivity contribution in [2.24, 2.45) is 0 Å². The predicted octanol–water partition coefficient (Wildman–Crippen LogP) is 2.25. The third-order valence-corrected chi connectivity index (χ3v) is 2.02. The average Bonchev–Trinajstić information content (AvgIpc) is 2.08. The lowest BCUT2D eigenvalue weighted by Gasteiger charge is -2.03. The lowest BCUT2D eigenvalue weighted by molar-refractivity contribution is 0.238. The van der Waals surface area contributed by atoms with E-state index in [0.29, 0.717) is 10.0 Å². The predicted molar refractivity (Wildman–Crippen MR) is 47.9 cm³/mol. The molecular formula is C9H6BrFO. The highest BCUT2D eigenvalue weighted by atomic mass is 79.9. The van der Waals surface area contributed by atoms with E-state index in [0.717, 1.165) is 0 Å². The molecule has 0 fully saturated rings. The summed E-state index contributed by atoms with van der Waals surface area (Å²) in [7, 11) is 0. The molecule has 0 bridgehead atoms. The summed E-state index contributed by atoms with van der Waals surface area (Å²) >= 11 is 2.99. The Morgan fingerprint density at radius 2 is 2.25 bits per heavy atom. The summed E-state index contributed by atoms with van der Waals surface area (Å²) in [5, 5.41) is 9.17. The zero-order chi connectivity index (χ0) is 9.14. The van der Waals surface area contributed by atoms with Gasteiger partial charge in [-0.1, -0.05) is 12.0 Å². The molecule has 0 unspecified atom stereocenters. The maximum absolute atomic E-state index is 12.7. The Labute approximate surface area is 78.4 Å². The maximum atomic E-state index is 12.7. The zero-order valence-corrected chi connectivity index (χ0v) is 7.68. The lowest BCUT2D eigenvalue weighted by atomic mass is 10.1. The first-order valence-electron chi connectivity index (χ1n) is 3.24. The molecule has 12 heavy (non-hydrogen) atoms. The summed E-state index contributed by atoms with van der Waals surface area (Å²) in [6.45, 7) is 0. The fourth-order valence-electron chi connectivity index (χ4n) is 0.779. The van der Waals surface area contributed by atoms with Gasteiger partial charge in [-0.15, -0.1) is 6.42 Å². The number of benzene rings is 1. The molecule has 1 N–H and O–H groups in total. The number of hydrogen-bond acceptors (Lipinski definition) is 1. The summed E-state index contributed by atoms with van der Waals surface area (Å²) < 4.78 is 13.0. The van der Waals surface area contributed by atoms with E-state index in [9.17, 15) is 4.39 Å². The van der Waals surface area contributed by atoms with Crippen molar-refractivity contribution in [3.8, 4) is 12.3 Å². The van der Waals surface area contributed by atoms with Gasteiger partial charge in [-0.2, -0.15) is 0 Å². The fourth-order valence-corrected chi connectivity index (χ4v) is 1.18. The van der Waals surface area contributed by atoms with Crippen LogP contribution in [0, 0.1) is 18.2 Å². The van der Waals surface area contributed by atoms with Crippen LogP contribution in [0.3, 0.4) is 0 Å². The second kappa shape index (κ2) is 3.70. The van der Waals surface area contributed by atoms with Crippen molar-refractivity contribution in [2.75, 3.05) is 0 Å². The number of aliphatic hydroxyl groups is 1. The van der Waals surface area contributed by atoms with Crippen molar-refractivity contribution in [1.82, 2.24) is 0 Å². The van der Waals surface area contributed by atoms with Gasteiger partial charge >= 0.3 is 0 Å². The molecule has 0 heterocycles. The highest BCUT2D eigenvalue weighted by Gasteiger charge is 2.05. The maximum Gasteiger partial charge on any atom is 0.140 e. The molecule has 1 aromatic carbocycles. The third kappa shape index (κ3) is 1.84. The molecular weight excluding hydrogens is 223 g/mol. The number of hydrogen-bond donors (Lipinski definition) is 1. The van der Waals surface area contributed by atoms with E-state index in [4.69, 9.17) is 11.5 Å². The van der Waals surface area contributed by atoms with E-state index in [1.54, 1.807) is 0 Å². The molecule has 1 nitrogen and oxygen atoms in total. The minimum Gasteiger partial charge on any atom is -0.376 e. The molecule has 0 amide bonds. The summed E-state index contributed by atoms with van der Waals surface area (Å²) in [4.78, 5) is 0. The van der Waals surface area contributed by atoms with Crippen LogP contribution in [0.1, 0.15) is 11.7 Å². The highest BCUT2D eigenvalue weighted by molar-refractivity contribution is 9.10. The van der Waals surface area contributed by atoms with Crippen LogP contribution in [0.5, 0.6) is 0 Å². The topological polar surface area (TPSA) is 20.2 Å². The van der Waals surface area contributed by atoms with Gasteiger partial charge < -0.3 is 5.11 Å². The van der Waals surface area contributed by atoms with Gasteiger partial charge in [0.25, 0.3) is 0 Å². The quantitative estimate of drug-likeness (QED) is 0.732. The van der Waals surface area contributed by atoms with Crippen molar-refractivity contribution in [1.29, 1.82) is 0 Å². The molecule has 1 aromatic rings. The zero-order valence-electron chi connectivity index (χ0n) is 6.09. The van der Waals surface area contributed by atoms with Gasteiger partial charge in [-0.25, -0.2) is 4.39 Å². The summed E-state index contributed by atoms with van der Waals surface area (Å²) in [5.41, 5.74) is 0.505. The molecule has 1 atom stereocenters. The van der Waals surface area contributed by atoms with E-state index >= 15 is 0 Å². The van der Waals surface area contributed by atoms with Crippen LogP contribution in [0.25, 0.3) is 0 Å². The Morgan fingerprint density at radius 1 is 1.58 bits per heavy atom. The molecule has 3 heteroatoms. The van der Waals surface area contributed by atoms with E-state index in [-0.39, 0.29) is 5.82 Å². The van der Waals surface area contributed by atoms with Gasteiger partial charge in [-0.3, -0.25) is 0 Å². The summed E-state index contributed by atoms with van der Waals surface area (Å²) in [6, 6.07) is 4.16. The summed E-state index contributed by atoms with van der Waals surface area (Å²) in [6.07, 6.45) is 4.01. The van der Waals surface area contributed by atoms with Crippen LogP contribution in [-0.4, -0.2) is 5.11 Å². The van der Waals surface area contributed by atoms with Crippen LogP contribution in [0.4, 0.5) is 4.39 Å². The lowest BCUT2D eigenvalue weighted by Crippen LogP contribution is -1.93. The van der Waals surface area contributed by atoms with Crippen molar-refractivity contribution >= 4 is 15.9 Å². The third-order valence-electron chi connectivity index (χ3n) is 1.42. The molecule has 1 rings (SSSR count). The Bertz CT molecular complexity index is 330. The Kier molecular flexibility index (Phi) is 2.85. The van der Waals surface area contributed by atoms with E-state index < -0.39 is 6.10 Å². The molecule has 0 aromatic heterocycles. The number of rotatable bonds is 1. The van der Waals surface area contributed by atoms with Crippen LogP contribution >= 0.6 is 15.9 Å². The number of aliphatic hydroxyl groups excluding tert-OH is 1. The Morgan fingerprint density at radius 3 is 2.75 bits per heavy atom. The second-order valence-electron chi connectivity index (χ2n) is 2.24. The molecule has 0 spiro atoms. The van der Waals surface area contributed by atoms with Gasteiger partial charge in [0.1, 0.15) is 11.9 Å². The minimum absolute atomic E-state index is 0.300. The average molecular weight is 229 g/mol. The first-order chi connectivity index (χ1) is 5.65. The van der Waals surface area contributed by atoms with Gasteiger partial charge in [0.05, 0.1) is 4.47 Å². The fraction of sp³-hybridized carbons (Fsp3) is 0.111. The van der Waals surface area contributed by atoms with Crippen LogP contribution < -0.4 is 0 Å². The molecule has 0 aliphatic rings. The van der Waals surface area contributed by atoms with Gasteiger partial charge in [0.15, 0.2) is 0 Å². The van der Waals surface area contributed by atoms with Crippen molar-refractivity contribution in [3.63, 3.8) is 0 Å². The van der Waals surface area contributed by atoms with Crippen LogP contribution in [0.15, 0.2) is 22.7 Å². The molecule has 0 aliphatic heterocycles. The molecule has 0 saturated heterocycles.